The third-order valence-electron chi connectivity index (χ3n) is 5.35. The molecule has 1 saturated carbocycles. The fourth-order valence-electron chi connectivity index (χ4n) is 3.84. The van der Waals surface area contributed by atoms with E-state index in [1.54, 1.807) is 0 Å². The Kier molecular flexibility index (Phi) is 5.44. The monoisotopic (exact) mass is 281 g/mol. The van der Waals surface area contributed by atoms with Gasteiger partial charge in [-0.1, -0.05) is 26.2 Å². The van der Waals surface area contributed by atoms with Gasteiger partial charge in [0.2, 0.25) is 5.91 Å². The number of hydrogen-bond acceptors (Lipinski definition) is 3. The first kappa shape index (κ1) is 15.8. The van der Waals surface area contributed by atoms with E-state index in [9.17, 15) is 4.79 Å². The lowest BCUT2D eigenvalue weighted by atomic mass is 9.79. The van der Waals surface area contributed by atoms with Gasteiger partial charge in [-0.25, -0.2) is 0 Å². The van der Waals surface area contributed by atoms with Crippen molar-refractivity contribution in [3.63, 3.8) is 0 Å². The van der Waals surface area contributed by atoms with Crippen molar-refractivity contribution in [2.24, 2.45) is 0 Å². The highest BCUT2D eigenvalue weighted by Crippen LogP contribution is 2.31. The Morgan fingerprint density at radius 2 is 1.95 bits per heavy atom. The van der Waals surface area contributed by atoms with Crippen LogP contribution in [0.3, 0.4) is 0 Å². The first-order chi connectivity index (χ1) is 9.60. The maximum Gasteiger partial charge on any atom is 0.224 e. The molecule has 0 aromatic carbocycles. The number of carbonyl (C=O) groups excluding carboxylic acids is 1. The second-order valence-corrected chi connectivity index (χ2v) is 6.59. The zero-order chi connectivity index (χ0) is 14.6. The van der Waals surface area contributed by atoms with Gasteiger partial charge >= 0.3 is 0 Å². The molecule has 1 saturated heterocycles. The highest BCUT2D eigenvalue weighted by atomic mass is 16.2. The van der Waals surface area contributed by atoms with E-state index in [1.807, 2.05) is 7.05 Å². The molecule has 1 amide bonds. The van der Waals surface area contributed by atoms with Gasteiger partial charge in [-0.3, -0.25) is 9.69 Å². The van der Waals surface area contributed by atoms with Crippen LogP contribution in [-0.2, 0) is 4.79 Å². The van der Waals surface area contributed by atoms with Crippen molar-refractivity contribution in [2.75, 3.05) is 33.2 Å². The highest BCUT2D eigenvalue weighted by Gasteiger charge is 2.35. The summed E-state index contributed by atoms with van der Waals surface area (Å²) in [5, 5.41) is 3.46. The van der Waals surface area contributed by atoms with Crippen molar-refractivity contribution < 1.29 is 4.79 Å². The molecule has 1 heterocycles. The summed E-state index contributed by atoms with van der Waals surface area (Å²) < 4.78 is 0. The van der Waals surface area contributed by atoms with Gasteiger partial charge in [-0.05, 0) is 33.4 Å². The zero-order valence-electron chi connectivity index (χ0n) is 13.5. The molecular formula is C16H31N3O. The molecule has 20 heavy (non-hydrogen) atoms. The molecule has 2 fully saturated rings. The number of piperazine rings is 1. The molecule has 4 nitrogen and oxygen atoms in total. The second-order valence-electron chi connectivity index (χ2n) is 6.59. The highest BCUT2D eigenvalue weighted by molar-refractivity contribution is 5.77. The summed E-state index contributed by atoms with van der Waals surface area (Å²) in [4.78, 5) is 17.2. The Morgan fingerprint density at radius 3 is 2.50 bits per heavy atom. The van der Waals surface area contributed by atoms with Gasteiger partial charge < -0.3 is 10.2 Å². The summed E-state index contributed by atoms with van der Waals surface area (Å²) in [7, 11) is 2.02. The molecule has 1 N–H and O–H groups in total. The van der Waals surface area contributed by atoms with E-state index in [0.29, 0.717) is 18.4 Å². The minimum atomic E-state index is 0.0699. The van der Waals surface area contributed by atoms with Crippen molar-refractivity contribution >= 4 is 5.91 Å². The molecule has 0 aromatic rings. The summed E-state index contributed by atoms with van der Waals surface area (Å²) in [6.45, 7) is 8.34. The largest absolute Gasteiger partial charge is 0.340 e. The lowest BCUT2D eigenvalue weighted by Gasteiger charge is -2.42. The number of rotatable bonds is 4. The molecule has 1 aliphatic carbocycles. The fourth-order valence-corrected chi connectivity index (χ4v) is 3.84. The average molecular weight is 281 g/mol. The smallest absolute Gasteiger partial charge is 0.224 e. The van der Waals surface area contributed by atoms with Gasteiger partial charge in [-0.2, -0.15) is 0 Å². The van der Waals surface area contributed by atoms with E-state index in [0.717, 1.165) is 39.0 Å². The number of nitrogens with zero attached hydrogens (tertiary/aromatic N) is 2. The van der Waals surface area contributed by atoms with Crippen LogP contribution in [0.2, 0.25) is 0 Å². The predicted molar refractivity (Wildman–Crippen MR) is 82.8 cm³/mol. The maximum atomic E-state index is 12.6. The van der Waals surface area contributed by atoms with E-state index in [-0.39, 0.29) is 5.54 Å². The number of nitrogens with one attached hydrogen (secondary N) is 1. The maximum absolute atomic E-state index is 12.6. The van der Waals surface area contributed by atoms with Gasteiger partial charge in [-0.15, -0.1) is 0 Å². The van der Waals surface area contributed by atoms with Gasteiger partial charge in [0.05, 0.1) is 0 Å². The van der Waals surface area contributed by atoms with Crippen LogP contribution in [-0.4, -0.2) is 60.5 Å². The molecule has 0 radical (unpaired) electrons. The summed E-state index contributed by atoms with van der Waals surface area (Å²) in [6.07, 6.45) is 6.83. The van der Waals surface area contributed by atoms with E-state index in [4.69, 9.17) is 0 Å². The first-order valence-corrected chi connectivity index (χ1v) is 8.31. The van der Waals surface area contributed by atoms with Gasteiger partial charge in [0.25, 0.3) is 0 Å². The normalized spacial score (nSPS) is 27.6. The molecule has 2 aliphatic rings. The van der Waals surface area contributed by atoms with Crippen molar-refractivity contribution in [2.45, 2.75) is 64.0 Å². The SMILES string of the molecule is CCN1CCN(C(=O)CC2(NC)CCCCC2)CC1C. The number of likely N-dealkylation sites (N-methyl/N-ethyl adjacent to an activating group) is 1. The third kappa shape index (κ3) is 3.53. The summed E-state index contributed by atoms with van der Waals surface area (Å²) in [5.41, 5.74) is 0.0699. The summed E-state index contributed by atoms with van der Waals surface area (Å²) in [6, 6.07) is 0.495. The Balaban J connectivity index is 1.91. The quantitative estimate of drug-likeness (QED) is 0.854. The fraction of sp³-hybridized carbons (Fsp3) is 0.938. The molecular weight excluding hydrogens is 250 g/mol. The minimum Gasteiger partial charge on any atom is -0.340 e. The zero-order valence-corrected chi connectivity index (χ0v) is 13.5. The standard InChI is InChI=1S/C16H31N3O/c1-4-18-10-11-19(13-14(18)2)15(20)12-16(17-3)8-6-5-7-9-16/h14,17H,4-13H2,1-3H3. The Morgan fingerprint density at radius 1 is 1.25 bits per heavy atom. The molecule has 116 valence electrons. The van der Waals surface area contributed by atoms with E-state index in [1.165, 1.54) is 19.3 Å². The van der Waals surface area contributed by atoms with Crippen LogP contribution in [0.15, 0.2) is 0 Å². The van der Waals surface area contributed by atoms with Crippen LogP contribution in [0.1, 0.15) is 52.4 Å². The Hall–Kier alpha value is -0.610. The third-order valence-corrected chi connectivity index (χ3v) is 5.35. The minimum absolute atomic E-state index is 0.0699. The van der Waals surface area contributed by atoms with E-state index in [2.05, 4.69) is 29.0 Å². The van der Waals surface area contributed by atoms with Crippen LogP contribution in [0.25, 0.3) is 0 Å². The molecule has 1 unspecified atom stereocenters. The van der Waals surface area contributed by atoms with Gasteiger partial charge in [0.1, 0.15) is 0 Å². The van der Waals surface area contributed by atoms with Crippen molar-refractivity contribution in [3.05, 3.63) is 0 Å². The molecule has 1 atom stereocenters. The molecule has 2 rings (SSSR count). The van der Waals surface area contributed by atoms with Crippen LogP contribution in [0.4, 0.5) is 0 Å². The van der Waals surface area contributed by atoms with Crippen molar-refractivity contribution in [3.8, 4) is 0 Å². The topological polar surface area (TPSA) is 35.6 Å². The van der Waals surface area contributed by atoms with Crippen molar-refractivity contribution in [1.29, 1.82) is 0 Å². The van der Waals surface area contributed by atoms with Crippen LogP contribution < -0.4 is 5.32 Å². The van der Waals surface area contributed by atoms with E-state index >= 15 is 0 Å². The molecule has 1 aliphatic heterocycles. The number of amides is 1. The van der Waals surface area contributed by atoms with Crippen LogP contribution in [0.5, 0.6) is 0 Å². The molecule has 0 bridgehead atoms. The van der Waals surface area contributed by atoms with Gasteiger partial charge in [0.15, 0.2) is 0 Å². The van der Waals surface area contributed by atoms with E-state index < -0.39 is 0 Å². The molecule has 4 heteroatoms. The summed E-state index contributed by atoms with van der Waals surface area (Å²) in [5.74, 6) is 0.351. The molecule has 0 aromatic heterocycles. The van der Waals surface area contributed by atoms with Crippen molar-refractivity contribution in [1.82, 2.24) is 15.1 Å². The lowest BCUT2D eigenvalue weighted by Crippen LogP contribution is -2.56. The first-order valence-electron chi connectivity index (χ1n) is 8.31. The number of carbonyl (C=O) groups is 1. The van der Waals surface area contributed by atoms with Crippen LogP contribution in [0, 0.1) is 0 Å². The Labute approximate surface area is 123 Å². The predicted octanol–water partition coefficient (Wildman–Crippen LogP) is 1.85. The van der Waals surface area contributed by atoms with Gasteiger partial charge in [0, 0.05) is 37.6 Å². The van der Waals surface area contributed by atoms with Crippen LogP contribution >= 0.6 is 0 Å². The number of hydrogen-bond donors (Lipinski definition) is 1. The molecule has 0 spiro atoms. The Bertz CT molecular complexity index is 326. The second kappa shape index (κ2) is 6.90. The lowest BCUT2D eigenvalue weighted by molar-refractivity contribution is -0.136. The average Bonchev–Trinajstić information content (AvgIpc) is 2.48. The summed E-state index contributed by atoms with van der Waals surface area (Å²) >= 11 is 0.